The van der Waals surface area contributed by atoms with Crippen LogP contribution in [0.4, 0.5) is 18.9 Å². The number of rotatable bonds is 3. The number of hydrogen-bond donors (Lipinski definition) is 2. The van der Waals surface area contributed by atoms with E-state index in [4.69, 9.17) is 0 Å². The molecule has 8 heteroatoms. The smallest absolute Gasteiger partial charge is 0.435 e. The van der Waals surface area contributed by atoms with E-state index in [0.717, 1.165) is 0 Å². The highest BCUT2D eigenvalue weighted by atomic mass is 32.1. The maximum absolute atomic E-state index is 13.3. The maximum Gasteiger partial charge on any atom is 0.435 e. The number of carbonyl (C=O) groups is 1. The first-order chi connectivity index (χ1) is 11.8. The Balaban J connectivity index is 1.99. The number of amides is 1. The molecule has 0 spiro atoms. The number of phenolic OH excluding ortho intramolecular Hbond substituents is 1. The SMILES string of the molecule is O=C(Nc1cccc(O)c1)c1sc(-c2ccccc2)nc1C(F)(F)F. The fourth-order valence-corrected chi connectivity index (χ4v) is 3.13. The predicted molar refractivity (Wildman–Crippen MR) is 88.6 cm³/mol. The number of hydrogen-bond acceptors (Lipinski definition) is 4. The van der Waals surface area contributed by atoms with Crippen LogP contribution in [0.5, 0.6) is 5.75 Å². The van der Waals surface area contributed by atoms with E-state index in [1.54, 1.807) is 30.3 Å². The minimum atomic E-state index is -4.75. The molecule has 0 saturated heterocycles. The molecular formula is C17H11F3N2O2S. The monoisotopic (exact) mass is 364 g/mol. The Morgan fingerprint density at radius 3 is 2.44 bits per heavy atom. The summed E-state index contributed by atoms with van der Waals surface area (Å²) in [5.41, 5.74) is -0.545. The van der Waals surface area contributed by atoms with Gasteiger partial charge < -0.3 is 10.4 Å². The highest BCUT2D eigenvalue weighted by Gasteiger charge is 2.39. The molecule has 1 amide bonds. The predicted octanol–water partition coefficient (Wildman–Crippen LogP) is 4.79. The van der Waals surface area contributed by atoms with E-state index in [-0.39, 0.29) is 16.4 Å². The number of phenols is 1. The van der Waals surface area contributed by atoms with Gasteiger partial charge in [0.1, 0.15) is 15.6 Å². The highest BCUT2D eigenvalue weighted by molar-refractivity contribution is 7.17. The number of halogens is 3. The Morgan fingerprint density at radius 1 is 1.08 bits per heavy atom. The summed E-state index contributed by atoms with van der Waals surface area (Å²) in [6.45, 7) is 0. The zero-order chi connectivity index (χ0) is 18.0. The van der Waals surface area contributed by atoms with Gasteiger partial charge in [-0.2, -0.15) is 13.2 Å². The Labute approximate surface area is 144 Å². The molecular weight excluding hydrogens is 353 g/mol. The fraction of sp³-hybridized carbons (Fsp3) is 0.0588. The molecule has 3 rings (SSSR count). The van der Waals surface area contributed by atoms with Crippen molar-refractivity contribution in [2.45, 2.75) is 6.18 Å². The van der Waals surface area contributed by atoms with Crippen LogP contribution >= 0.6 is 11.3 Å². The van der Waals surface area contributed by atoms with Crippen molar-refractivity contribution in [1.29, 1.82) is 0 Å². The zero-order valence-electron chi connectivity index (χ0n) is 12.5. The molecule has 0 radical (unpaired) electrons. The second-order valence-electron chi connectivity index (χ2n) is 5.06. The van der Waals surface area contributed by atoms with Gasteiger partial charge in [-0.25, -0.2) is 4.98 Å². The summed E-state index contributed by atoms with van der Waals surface area (Å²) in [6, 6.07) is 13.9. The summed E-state index contributed by atoms with van der Waals surface area (Å²) in [6.07, 6.45) is -4.75. The second kappa shape index (κ2) is 6.56. The molecule has 0 unspecified atom stereocenters. The average molecular weight is 364 g/mol. The van der Waals surface area contributed by atoms with Gasteiger partial charge >= 0.3 is 6.18 Å². The molecule has 0 aliphatic rings. The van der Waals surface area contributed by atoms with Gasteiger partial charge in [-0.1, -0.05) is 36.4 Å². The van der Waals surface area contributed by atoms with E-state index < -0.39 is 22.7 Å². The molecule has 0 aliphatic carbocycles. The summed E-state index contributed by atoms with van der Waals surface area (Å²) in [7, 11) is 0. The van der Waals surface area contributed by atoms with Crippen LogP contribution in [0.2, 0.25) is 0 Å². The number of carbonyl (C=O) groups excluding carboxylic acids is 1. The average Bonchev–Trinajstić information content (AvgIpc) is 3.01. The minimum Gasteiger partial charge on any atom is -0.508 e. The van der Waals surface area contributed by atoms with Gasteiger partial charge in [-0.3, -0.25) is 4.79 Å². The molecule has 4 nitrogen and oxygen atoms in total. The van der Waals surface area contributed by atoms with E-state index >= 15 is 0 Å². The summed E-state index contributed by atoms with van der Waals surface area (Å²) >= 11 is 0.665. The summed E-state index contributed by atoms with van der Waals surface area (Å²) < 4.78 is 39.8. The third-order valence-corrected chi connectivity index (χ3v) is 4.33. The Morgan fingerprint density at radius 2 is 1.80 bits per heavy atom. The highest BCUT2D eigenvalue weighted by Crippen LogP contribution is 2.38. The van der Waals surface area contributed by atoms with Crippen LogP contribution in [0.15, 0.2) is 54.6 Å². The molecule has 0 bridgehead atoms. The number of benzene rings is 2. The number of alkyl halides is 3. The standard InChI is InChI=1S/C17H11F3N2O2S/c18-17(19,20)14-13(15(24)21-11-7-4-8-12(23)9-11)25-16(22-14)10-5-2-1-3-6-10/h1-9,23H,(H,21,24). The van der Waals surface area contributed by atoms with Crippen molar-refractivity contribution < 1.29 is 23.1 Å². The number of aromatic hydroxyl groups is 1. The van der Waals surface area contributed by atoms with Crippen LogP contribution in [-0.2, 0) is 6.18 Å². The molecule has 0 fully saturated rings. The second-order valence-corrected chi connectivity index (χ2v) is 6.06. The summed E-state index contributed by atoms with van der Waals surface area (Å²) in [5, 5.41) is 11.8. The Kier molecular flexibility index (Phi) is 4.45. The van der Waals surface area contributed by atoms with Crippen LogP contribution in [-0.4, -0.2) is 16.0 Å². The topological polar surface area (TPSA) is 62.2 Å². The van der Waals surface area contributed by atoms with Crippen molar-refractivity contribution in [3.8, 4) is 16.3 Å². The summed E-state index contributed by atoms with van der Waals surface area (Å²) in [4.78, 5) is 15.4. The van der Waals surface area contributed by atoms with E-state index in [2.05, 4.69) is 10.3 Å². The fourth-order valence-electron chi connectivity index (χ4n) is 2.14. The number of anilines is 1. The first-order valence-electron chi connectivity index (χ1n) is 7.08. The van der Waals surface area contributed by atoms with Gasteiger partial charge in [0.05, 0.1) is 0 Å². The van der Waals surface area contributed by atoms with Gasteiger partial charge in [0.25, 0.3) is 5.91 Å². The van der Waals surface area contributed by atoms with Crippen molar-refractivity contribution >= 4 is 22.9 Å². The molecule has 3 aromatic rings. The lowest BCUT2D eigenvalue weighted by Crippen LogP contribution is -2.17. The normalized spacial score (nSPS) is 11.3. The molecule has 1 aromatic heterocycles. The molecule has 2 aromatic carbocycles. The number of thiazole rings is 1. The van der Waals surface area contributed by atoms with Crippen molar-refractivity contribution in [2.75, 3.05) is 5.32 Å². The van der Waals surface area contributed by atoms with Crippen molar-refractivity contribution in [2.24, 2.45) is 0 Å². The zero-order valence-corrected chi connectivity index (χ0v) is 13.4. The third-order valence-electron chi connectivity index (χ3n) is 3.23. The summed E-state index contributed by atoms with van der Waals surface area (Å²) in [5.74, 6) is -1.04. The van der Waals surface area contributed by atoms with E-state index in [1.807, 2.05) is 0 Å². The minimum absolute atomic E-state index is 0.106. The van der Waals surface area contributed by atoms with Crippen LogP contribution in [0, 0.1) is 0 Å². The maximum atomic E-state index is 13.3. The van der Waals surface area contributed by atoms with E-state index in [1.165, 1.54) is 24.3 Å². The lowest BCUT2D eigenvalue weighted by molar-refractivity contribution is -0.140. The van der Waals surface area contributed by atoms with Crippen LogP contribution in [0.1, 0.15) is 15.4 Å². The van der Waals surface area contributed by atoms with Crippen LogP contribution < -0.4 is 5.32 Å². The third kappa shape index (κ3) is 3.80. The van der Waals surface area contributed by atoms with E-state index in [0.29, 0.717) is 16.9 Å². The Hall–Kier alpha value is -2.87. The van der Waals surface area contributed by atoms with Gasteiger partial charge in [0.15, 0.2) is 5.69 Å². The molecule has 0 saturated carbocycles. The van der Waals surface area contributed by atoms with Gasteiger partial charge in [0, 0.05) is 17.3 Å². The first kappa shape index (κ1) is 17.0. The van der Waals surface area contributed by atoms with E-state index in [9.17, 15) is 23.1 Å². The van der Waals surface area contributed by atoms with Crippen LogP contribution in [0.3, 0.4) is 0 Å². The molecule has 0 atom stereocenters. The molecule has 128 valence electrons. The molecule has 2 N–H and O–H groups in total. The molecule has 25 heavy (non-hydrogen) atoms. The molecule has 1 heterocycles. The number of nitrogens with zero attached hydrogens (tertiary/aromatic N) is 1. The van der Waals surface area contributed by atoms with Gasteiger partial charge in [-0.15, -0.1) is 11.3 Å². The van der Waals surface area contributed by atoms with Gasteiger partial charge in [-0.05, 0) is 12.1 Å². The number of aromatic nitrogens is 1. The quantitative estimate of drug-likeness (QED) is 0.703. The van der Waals surface area contributed by atoms with Crippen molar-refractivity contribution in [3.63, 3.8) is 0 Å². The van der Waals surface area contributed by atoms with Crippen molar-refractivity contribution in [1.82, 2.24) is 4.98 Å². The lowest BCUT2D eigenvalue weighted by atomic mass is 10.2. The van der Waals surface area contributed by atoms with Gasteiger partial charge in [0.2, 0.25) is 0 Å². The van der Waals surface area contributed by atoms with Crippen LogP contribution in [0.25, 0.3) is 10.6 Å². The lowest BCUT2D eigenvalue weighted by Gasteiger charge is -2.07. The largest absolute Gasteiger partial charge is 0.508 e. The Bertz CT molecular complexity index is 908. The molecule has 0 aliphatic heterocycles. The number of nitrogens with one attached hydrogen (secondary N) is 1. The van der Waals surface area contributed by atoms with Crippen molar-refractivity contribution in [3.05, 3.63) is 65.2 Å². The first-order valence-corrected chi connectivity index (χ1v) is 7.90.